The minimum Gasteiger partial charge on any atom is -0.355 e. The van der Waals surface area contributed by atoms with Gasteiger partial charge in [-0.1, -0.05) is 6.07 Å². The highest BCUT2D eigenvalue weighted by atomic mass is 127. The molecular formula is C15H15IN2O3S. The number of hydrogen-bond acceptors (Lipinski definition) is 3. The van der Waals surface area contributed by atoms with Crippen molar-refractivity contribution < 1.29 is 13.2 Å². The molecule has 5 nitrogen and oxygen atoms in total. The highest BCUT2D eigenvalue weighted by Crippen LogP contribution is 2.20. The third kappa shape index (κ3) is 3.77. The number of rotatable bonds is 4. The van der Waals surface area contributed by atoms with E-state index in [-0.39, 0.29) is 10.8 Å². The van der Waals surface area contributed by atoms with Gasteiger partial charge in [-0.3, -0.25) is 9.52 Å². The SMILES string of the molecule is CNC(=O)c1cc(S(=O)(=O)Nc2ccc(I)cc2)ccc1C. The molecule has 2 rings (SSSR count). The largest absolute Gasteiger partial charge is 0.355 e. The molecule has 0 saturated carbocycles. The number of aryl methyl sites for hydroxylation is 1. The van der Waals surface area contributed by atoms with Gasteiger partial charge in [0.25, 0.3) is 15.9 Å². The summed E-state index contributed by atoms with van der Waals surface area (Å²) in [6, 6.07) is 11.5. The minimum atomic E-state index is -3.74. The Kier molecular flexibility index (Phi) is 5.07. The summed E-state index contributed by atoms with van der Waals surface area (Å²) < 4.78 is 28.3. The molecule has 0 saturated heterocycles. The van der Waals surface area contributed by atoms with Gasteiger partial charge in [-0.25, -0.2) is 8.42 Å². The fraction of sp³-hybridized carbons (Fsp3) is 0.133. The maximum atomic E-state index is 12.4. The number of benzene rings is 2. The van der Waals surface area contributed by atoms with Crippen molar-refractivity contribution in [2.24, 2.45) is 0 Å². The van der Waals surface area contributed by atoms with Gasteiger partial charge in [-0.15, -0.1) is 0 Å². The number of amides is 1. The van der Waals surface area contributed by atoms with Crippen molar-refractivity contribution in [2.45, 2.75) is 11.8 Å². The maximum absolute atomic E-state index is 12.4. The molecule has 0 bridgehead atoms. The van der Waals surface area contributed by atoms with E-state index in [9.17, 15) is 13.2 Å². The van der Waals surface area contributed by atoms with Crippen molar-refractivity contribution in [3.05, 3.63) is 57.2 Å². The van der Waals surface area contributed by atoms with Crippen LogP contribution in [0.5, 0.6) is 0 Å². The van der Waals surface area contributed by atoms with Gasteiger partial charge in [0.15, 0.2) is 0 Å². The van der Waals surface area contributed by atoms with E-state index in [1.54, 1.807) is 25.1 Å². The first-order chi connectivity index (χ1) is 10.3. The first-order valence-corrected chi connectivity index (χ1v) is 9.01. The van der Waals surface area contributed by atoms with E-state index in [2.05, 4.69) is 32.6 Å². The van der Waals surface area contributed by atoms with Crippen LogP contribution in [0.25, 0.3) is 0 Å². The Morgan fingerprint density at radius 3 is 2.32 bits per heavy atom. The lowest BCUT2D eigenvalue weighted by Crippen LogP contribution is -2.20. The van der Waals surface area contributed by atoms with Crippen LogP contribution in [0.4, 0.5) is 5.69 Å². The van der Waals surface area contributed by atoms with Crippen LogP contribution in [0.2, 0.25) is 0 Å². The monoisotopic (exact) mass is 430 g/mol. The molecule has 7 heteroatoms. The molecule has 0 heterocycles. The van der Waals surface area contributed by atoms with Crippen molar-refractivity contribution in [1.29, 1.82) is 0 Å². The molecular weight excluding hydrogens is 415 g/mol. The Morgan fingerprint density at radius 1 is 1.09 bits per heavy atom. The Morgan fingerprint density at radius 2 is 1.73 bits per heavy atom. The molecule has 116 valence electrons. The van der Waals surface area contributed by atoms with Gasteiger partial charge in [0.05, 0.1) is 4.90 Å². The lowest BCUT2D eigenvalue weighted by Gasteiger charge is -2.11. The van der Waals surface area contributed by atoms with Gasteiger partial charge in [-0.2, -0.15) is 0 Å². The average Bonchev–Trinajstić information content (AvgIpc) is 2.49. The first kappa shape index (κ1) is 16.8. The first-order valence-electron chi connectivity index (χ1n) is 6.44. The molecule has 0 aliphatic rings. The number of hydrogen-bond donors (Lipinski definition) is 2. The third-order valence-electron chi connectivity index (χ3n) is 3.09. The Bertz CT molecular complexity index is 802. The van der Waals surface area contributed by atoms with E-state index in [0.29, 0.717) is 16.8 Å². The van der Waals surface area contributed by atoms with Crippen molar-refractivity contribution in [2.75, 3.05) is 11.8 Å². The zero-order valence-corrected chi connectivity index (χ0v) is 15.0. The highest BCUT2D eigenvalue weighted by Gasteiger charge is 2.17. The molecule has 0 aliphatic heterocycles. The molecule has 2 N–H and O–H groups in total. The second kappa shape index (κ2) is 6.66. The Labute approximate surface area is 143 Å². The zero-order chi connectivity index (χ0) is 16.3. The fourth-order valence-electron chi connectivity index (χ4n) is 1.88. The van der Waals surface area contributed by atoms with E-state index in [1.165, 1.54) is 19.2 Å². The molecule has 0 fully saturated rings. The predicted octanol–water partition coefficient (Wildman–Crippen LogP) is 2.76. The summed E-state index contributed by atoms with van der Waals surface area (Å²) in [4.78, 5) is 11.8. The quantitative estimate of drug-likeness (QED) is 0.733. The summed E-state index contributed by atoms with van der Waals surface area (Å²) in [7, 11) is -2.23. The molecule has 22 heavy (non-hydrogen) atoms. The van der Waals surface area contributed by atoms with E-state index in [1.807, 2.05) is 12.1 Å². The summed E-state index contributed by atoms with van der Waals surface area (Å²) in [5, 5.41) is 2.50. The Hall–Kier alpha value is -1.61. The number of nitrogens with one attached hydrogen (secondary N) is 2. The van der Waals surface area contributed by atoms with Crippen LogP contribution >= 0.6 is 22.6 Å². The van der Waals surface area contributed by atoms with Gasteiger partial charge in [0.2, 0.25) is 0 Å². The van der Waals surface area contributed by atoms with Crippen LogP contribution in [-0.4, -0.2) is 21.4 Å². The molecule has 2 aromatic carbocycles. The van der Waals surface area contributed by atoms with E-state index < -0.39 is 10.0 Å². The van der Waals surface area contributed by atoms with Gasteiger partial charge < -0.3 is 5.32 Å². The molecule has 0 atom stereocenters. The van der Waals surface area contributed by atoms with E-state index >= 15 is 0 Å². The lowest BCUT2D eigenvalue weighted by atomic mass is 10.1. The summed E-state index contributed by atoms with van der Waals surface area (Å²) in [6.45, 7) is 1.76. The number of sulfonamides is 1. The van der Waals surface area contributed by atoms with Gasteiger partial charge >= 0.3 is 0 Å². The average molecular weight is 430 g/mol. The number of carbonyl (C=O) groups excluding carboxylic acids is 1. The van der Waals surface area contributed by atoms with Crippen LogP contribution in [0.3, 0.4) is 0 Å². The van der Waals surface area contributed by atoms with Crippen molar-refractivity contribution in [3.8, 4) is 0 Å². The van der Waals surface area contributed by atoms with Gasteiger partial charge in [0, 0.05) is 21.9 Å². The molecule has 0 spiro atoms. The van der Waals surface area contributed by atoms with Crippen LogP contribution in [0.1, 0.15) is 15.9 Å². The molecule has 0 radical (unpaired) electrons. The van der Waals surface area contributed by atoms with E-state index in [4.69, 9.17) is 0 Å². The standard InChI is InChI=1S/C15H15IN2O3S/c1-10-3-8-13(9-14(10)15(19)17-2)22(20,21)18-12-6-4-11(16)5-7-12/h3-9,18H,1-2H3,(H,17,19). The lowest BCUT2D eigenvalue weighted by molar-refractivity contribution is 0.0962. The predicted molar refractivity (Wildman–Crippen MR) is 94.5 cm³/mol. The summed E-state index contributed by atoms with van der Waals surface area (Å²) in [5.41, 5.74) is 1.53. The molecule has 1 amide bonds. The second-order valence-electron chi connectivity index (χ2n) is 4.67. The third-order valence-corrected chi connectivity index (χ3v) is 5.19. The van der Waals surface area contributed by atoms with Crippen molar-refractivity contribution in [1.82, 2.24) is 5.32 Å². The number of anilines is 1. The molecule has 0 aliphatic carbocycles. The van der Waals surface area contributed by atoms with Crippen LogP contribution in [-0.2, 0) is 10.0 Å². The topological polar surface area (TPSA) is 75.3 Å². The number of halogens is 1. The van der Waals surface area contributed by atoms with Crippen LogP contribution in [0.15, 0.2) is 47.4 Å². The van der Waals surface area contributed by atoms with E-state index in [0.717, 1.165) is 3.57 Å². The fourth-order valence-corrected chi connectivity index (χ4v) is 3.32. The van der Waals surface area contributed by atoms with Gasteiger partial charge in [0.1, 0.15) is 0 Å². The number of carbonyl (C=O) groups is 1. The smallest absolute Gasteiger partial charge is 0.261 e. The van der Waals surface area contributed by atoms with Crippen molar-refractivity contribution >= 4 is 44.2 Å². The maximum Gasteiger partial charge on any atom is 0.261 e. The molecule has 0 aromatic heterocycles. The summed E-state index contributed by atoms with van der Waals surface area (Å²) in [6.07, 6.45) is 0. The summed E-state index contributed by atoms with van der Waals surface area (Å²) in [5.74, 6) is -0.316. The van der Waals surface area contributed by atoms with Crippen LogP contribution < -0.4 is 10.0 Å². The second-order valence-corrected chi connectivity index (χ2v) is 7.60. The molecule has 0 unspecified atom stereocenters. The van der Waals surface area contributed by atoms with Gasteiger partial charge in [-0.05, 0) is 71.5 Å². The Balaban J connectivity index is 2.37. The summed E-state index contributed by atoms with van der Waals surface area (Å²) >= 11 is 2.14. The molecule has 2 aromatic rings. The highest BCUT2D eigenvalue weighted by molar-refractivity contribution is 14.1. The normalized spacial score (nSPS) is 11.0. The van der Waals surface area contributed by atoms with Crippen molar-refractivity contribution in [3.63, 3.8) is 0 Å². The van der Waals surface area contributed by atoms with Crippen LogP contribution in [0, 0.1) is 10.5 Å². The minimum absolute atomic E-state index is 0.0512. The zero-order valence-electron chi connectivity index (χ0n) is 12.1.